The quantitative estimate of drug-likeness (QED) is 0.847. The van der Waals surface area contributed by atoms with Crippen LogP contribution in [-0.2, 0) is 6.42 Å². The minimum atomic E-state index is -0.135. The maximum Gasteiger partial charge on any atom is 0.255 e. The van der Waals surface area contributed by atoms with Crippen LogP contribution < -0.4 is 16.0 Å². The second-order valence-electron chi connectivity index (χ2n) is 5.16. The highest BCUT2D eigenvalue weighted by atomic mass is 16.1. The lowest BCUT2D eigenvalue weighted by Crippen LogP contribution is -2.13. The van der Waals surface area contributed by atoms with Gasteiger partial charge >= 0.3 is 0 Å². The Bertz CT molecular complexity index is 633. The van der Waals surface area contributed by atoms with Gasteiger partial charge in [0.05, 0.1) is 0 Å². The summed E-state index contributed by atoms with van der Waals surface area (Å²) in [6.45, 7) is 2.05. The fourth-order valence-electron chi connectivity index (χ4n) is 2.11. The van der Waals surface area contributed by atoms with Crippen molar-refractivity contribution in [1.29, 1.82) is 0 Å². The number of aryl methyl sites for hydroxylation is 1. The van der Waals surface area contributed by atoms with Gasteiger partial charge in [0.25, 0.3) is 5.91 Å². The number of hydrogen-bond donors (Lipinski definition) is 2. The van der Waals surface area contributed by atoms with Crippen LogP contribution in [0.1, 0.15) is 22.8 Å². The third kappa shape index (κ3) is 3.54. The van der Waals surface area contributed by atoms with E-state index in [2.05, 4.69) is 12.2 Å². The number of nitrogens with two attached hydrogens (primary N) is 1. The fourth-order valence-corrected chi connectivity index (χ4v) is 2.11. The molecule has 3 N–H and O–H groups in total. The van der Waals surface area contributed by atoms with Crippen molar-refractivity contribution in [2.45, 2.75) is 13.3 Å². The zero-order valence-electron chi connectivity index (χ0n) is 12.7. The summed E-state index contributed by atoms with van der Waals surface area (Å²) < 4.78 is 0. The molecule has 0 spiro atoms. The van der Waals surface area contributed by atoms with E-state index < -0.39 is 0 Å². The molecular formula is C17H21N3O. The SMILES string of the molecule is CCc1ccc(NC(=O)c2ccc(N(C)C)cc2)cc1N. The van der Waals surface area contributed by atoms with Gasteiger partial charge in [-0.2, -0.15) is 0 Å². The maximum atomic E-state index is 12.2. The molecule has 0 aliphatic carbocycles. The molecule has 0 aliphatic heterocycles. The van der Waals surface area contributed by atoms with Gasteiger partial charge in [-0.1, -0.05) is 13.0 Å². The van der Waals surface area contributed by atoms with Gasteiger partial charge in [0.1, 0.15) is 0 Å². The summed E-state index contributed by atoms with van der Waals surface area (Å²) in [6.07, 6.45) is 0.881. The first kappa shape index (κ1) is 14.9. The molecule has 0 bridgehead atoms. The van der Waals surface area contributed by atoms with Crippen molar-refractivity contribution < 1.29 is 4.79 Å². The summed E-state index contributed by atoms with van der Waals surface area (Å²) in [4.78, 5) is 14.2. The average Bonchev–Trinajstić information content (AvgIpc) is 2.47. The standard InChI is InChI=1S/C17H21N3O/c1-4-12-5-8-14(11-16(12)18)19-17(21)13-6-9-15(10-7-13)20(2)3/h5-11H,4,18H2,1-3H3,(H,19,21). The smallest absolute Gasteiger partial charge is 0.255 e. The lowest BCUT2D eigenvalue weighted by Gasteiger charge is -2.13. The lowest BCUT2D eigenvalue weighted by atomic mass is 10.1. The summed E-state index contributed by atoms with van der Waals surface area (Å²) in [5.41, 5.74) is 10.1. The van der Waals surface area contributed by atoms with Crippen molar-refractivity contribution in [2.24, 2.45) is 0 Å². The molecule has 0 saturated carbocycles. The van der Waals surface area contributed by atoms with Crippen LogP contribution in [0.3, 0.4) is 0 Å². The highest BCUT2D eigenvalue weighted by Crippen LogP contribution is 2.19. The minimum Gasteiger partial charge on any atom is -0.398 e. The van der Waals surface area contributed by atoms with Gasteiger partial charge in [0.15, 0.2) is 0 Å². The number of nitrogen functional groups attached to an aromatic ring is 1. The molecule has 2 aromatic carbocycles. The van der Waals surface area contributed by atoms with Gasteiger partial charge in [-0.15, -0.1) is 0 Å². The van der Waals surface area contributed by atoms with E-state index in [9.17, 15) is 4.79 Å². The lowest BCUT2D eigenvalue weighted by molar-refractivity contribution is 0.102. The number of rotatable bonds is 4. The molecule has 0 unspecified atom stereocenters. The number of amides is 1. The van der Waals surface area contributed by atoms with E-state index in [-0.39, 0.29) is 5.91 Å². The first-order valence-corrected chi connectivity index (χ1v) is 6.98. The van der Waals surface area contributed by atoms with Gasteiger partial charge < -0.3 is 16.0 Å². The Morgan fingerprint density at radius 3 is 2.33 bits per heavy atom. The third-order valence-corrected chi connectivity index (χ3v) is 3.43. The van der Waals surface area contributed by atoms with Crippen LogP contribution in [-0.4, -0.2) is 20.0 Å². The molecule has 0 aromatic heterocycles. The molecule has 4 nitrogen and oxygen atoms in total. The topological polar surface area (TPSA) is 58.4 Å². The van der Waals surface area contributed by atoms with Gasteiger partial charge in [-0.3, -0.25) is 4.79 Å². The molecule has 21 heavy (non-hydrogen) atoms. The summed E-state index contributed by atoms with van der Waals surface area (Å²) in [7, 11) is 3.93. The number of nitrogens with one attached hydrogen (secondary N) is 1. The van der Waals surface area contributed by atoms with Gasteiger partial charge in [0, 0.05) is 36.7 Å². The molecule has 0 heterocycles. The van der Waals surface area contributed by atoms with E-state index in [4.69, 9.17) is 5.73 Å². The van der Waals surface area contributed by atoms with Crippen LogP contribution in [0, 0.1) is 0 Å². The highest BCUT2D eigenvalue weighted by molar-refractivity contribution is 6.04. The number of hydrogen-bond acceptors (Lipinski definition) is 3. The second-order valence-corrected chi connectivity index (χ2v) is 5.16. The fraction of sp³-hybridized carbons (Fsp3) is 0.235. The first-order valence-electron chi connectivity index (χ1n) is 6.98. The zero-order chi connectivity index (χ0) is 15.4. The molecule has 2 aromatic rings. The first-order chi connectivity index (χ1) is 10.0. The molecular weight excluding hydrogens is 262 g/mol. The molecule has 110 valence electrons. The van der Waals surface area contributed by atoms with Crippen LogP contribution in [0.2, 0.25) is 0 Å². The Labute approximate surface area is 125 Å². The molecule has 4 heteroatoms. The van der Waals surface area contributed by atoms with E-state index in [0.29, 0.717) is 16.9 Å². The van der Waals surface area contributed by atoms with Crippen molar-refractivity contribution in [3.63, 3.8) is 0 Å². The van der Waals surface area contributed by atoms with Crippen LogP contribution in [0.5, 0.6) is 0 Å². The highest BCUT2D eigenvalue weighted by Gasteiger charge is 2.07. The number of anilines is 3. The van der Waals surface area contributed by atoms with Crippen LogP contribution in [0.4, 0.5) is 17.1 Å². The van der Waals surface area contributed by atoms with Gasteiger partial charge in [-0.05, 0) is 48.4 Å². The molecule has 0 fully saturated rings. The Hall–Kier alpha value is -2.49. The minimum absolute atomic E-state index is 0.135. The van der Waals surface area contributed by atoms with E-state index in [0.717, 1.165) is 17.7 Å². The van der Waals surface area contributed by atoms with E-state index >= 15 is 0 Å². The third-order valence-electron chi connectivity index (χ3n) is 3.43. The zero-order valence-corrected chi connectivity index (χ0v) is 12.7. The Balaban J connectivity index is 2.12. The van der Waals surface area contributed by atoms with Crippen LogP contribution in [0.25, 0.3) is 0 Å². The number of carbonyl (C=O) groups is 1. The predicted molar refractivity (Wildman–Crippen MR) is 89.0 cm³/mol. The number of carbonyl (C=O) groups excluding carboxylic acids is 1. The van der Waals surface area contributed by atoms with E-state index in [1.165, 1.54) is 0 Å². The van der Waals surface area contributed by atoms with Crippen molar-refractivity contribution >= 4 is 23.0 Å². The molecule has 1 amide bonds. The molecule has 0 radical (unpaired) electrons. The van der Waals surface area contributed by atoms with E-state index in [1.807, 2.05) is 55.4 Å². The Kier molecular flexibility index (Phi) is 4.48. The monoisotopic (exact) mass is 283 g/mol. The molecule has 2 rings (SSSR count). The van der Waals surface area contributed by atoms with Crippen LogP contribution in [0.15, 0.2) is 42.5 Å². The summed E-state index contributed by atoms with van der Waals surface area (Å²) in [5, 5.41) is 2.87. The van der Waals surface area contributed by atoms with Crippen molar-refractivity contribution in [2.75, 3.05) is 30.0 Å². The number of benzene rings is 2. The molecule has 0 aliphatic rings. The summed E-state index contributed by atoms with van der Waals surface area (Å²) in [6, 6.07) is 13.1. The summed E-state index contributed by atoms with van der Waals surface area (Å²) in [5.74, 6) is -0.135. The maximum absolute atomic E-state index is 12.2. The van der Waals surface area contributed by atoms with Crippen molar-refractivity contribution in [3.05, 3.63) is 53.6 Å². The van der Waals surface area contributed by atoms with Gasteiger partial charge in [0.2, 0.25) is 0 Å². The van der Waals surface area contributed by atoms with Crippen LogP contribution >= 0.6 is 0 Å². The van der Waals surface area contributed by atoms with Gasteiger partial charge in [-0.25, -0.2) is 0 Å². The van der Waals surface area contributed by atoms with Crippen molar-refractivity contribution in [3.8, 4) is 0 Å². The Morgan fingerprint density at radius 1 is 1.14 bits per heavy atom. The Morgan fingerprint density at radius 2 is 1.81 bits per heavy atom. The molecule has 0 atom stereocenters. The normalized spacial score (nSPS) is 10.2. The average molecular weight is 283 g/mol. The predicted octanol–water partition coefficient (Wildman–Crippen LogP) is 3.15. The molecule has 0 saturated heterocycles. The number of nitrogens with zero attached hydrogens (tertiary/aromatic N) is 1. The van der Waals surface area contributed by atoms with E-state index in [1.54, 1.807) is 6.07 Å². The summed E-state index contributed by atoms with van der Waals surface area (Å²) >= 11 is 0. The largest absolute Gasteiger partial charge is 0.398 e. The van der Waals surface area contributed by atoms with Crippen molar-refractivity contribution in [1.82, 2.24) is 0 Å². The second kappa shape index (κ2) is 6.31.